The Bertz CT molecular complexity index is 643. The van der Waals surface area contributed by atoms with Crippen molar-refractivity contribution in [3.05, 3.63) is 30.1 Å². The Balaban J connectivity index is 1.77. The van der Waals surface area contributed by atoms with Crippen LogP contribution >= 0.6 is 0 Å². The van der Waals surface area contributed by atoms with Gasteiger partial charge in [0, 0.05) is 39.0 Å². The molecule has 0 saturated carbocycles. The predicted octanol–water partition coefficient (Wildman–Crippen LogP) is 1.74. The van der Waals surface area contributed by atoms with E-state index in [-0.39, 0.29) is 18.5 Å². The number of methoxy groups -OCH3 is 1. The summed E-state index contributed by atoms with van der Waals surface area (Å²) in [6.07, 6.45) is 3.01. The number of carbonyl (C=O) groups is 2. The first kappa shape index (κ1) is 18.8. The van der Waals surface area contributed by atoms with Crippen molar-refractivity contribution < 1.29 is 14.3 Å². The number of carbonyl (C=O) groups excluding carboxylic acids is 2. The molecule has 1 spiro atoms. The summed E-state index contributed by atoms with van der Waals surface area (Å²) in [6, 6.07) is 5.66. The van der Waals surface area contributed by atoms with Crippen LogP contribution in [-0.2, 0) is 16.1 Å². The van der Waals surface area contributed by atoms with Crippen molar-refractivity contribution >= 4 is 11.9 Å². The van der Waals surface area contributed by atoms with E-state index in [9.17, 15) is 9.59 Å². The lowest BCUT2D eigenvalue weighted by atomic mass is 9.85. The summed E-state index contributed by atoms with van der Waals surface area (Å²) in [6.45, 7) is 7.10. The molecule has 0 N–H and O–H groups in total. The number of likely N-dealkylation sites (tertiary alicyclic amines) is 1. The van der Waals surface area contributed by atoms with Crippen LogP contribution in [0.2, 0.25) is 0 Å². The highest BCUT2D eigenvalue weighted by Crippen LogP contribution is 2.38. The molecule has 3 rings (SSSR count). The van der Waals surface area contributed by atoms with E-state index in [2.05, 4.69) is 16.8 Å². The lowest BCUT2D eigenvalue weighted by Gasteiger charge is -2.43. The van der Waals surface area contributed by atoms with E-state index >= 15 is 0 Å². The molecular formula is C19H28N4O3. The maximum absolute atomic E-state index is 13.3. The average Bonchev–Trinajstić information content (AvgIpc) is 2.84. The summed E-state index contributed by atoms with van der Waals surface area (Å²) in [5.74, 6) is -0.0750. The van der Waals surface area contributed by atoms with Crippen LogP contribution in [-0.4, -0.2) is 76.6 Å². The first-order valence-corrected chi connectivity index (χ1v) is 9.30. The maximum Gasteiger partial charge on any atom is 0.328 e. The summed E-state index contributed by atoms with van der Waals surface area (Å²) in [7, 11) is 1.70. The van der Waals surface area contributed by atoms with Crippen LogP contribution in [0.15, 0.2) is 24.4 Å². The Morgan fingerprint density at radius 3 is 2.58 bits per heavy atom. The van der Waals surface area contributed by atoms with Gasteiger partial charge in [-0.15, -0.1) is 0 Å². The second-order valence-electron chi connectivity index (χ2n) is 7.11. The Morgan fingerprint density at radius 2 is 2.00 bits per heavy atom. The van der Waals surface area contributed by atoms with Gasteiger partial charge in [0.25, 0.3) is 5.91 Å². The van der Waals surface area contributed by atoms with Crippen molar-refractivity contribution in [2.24, 2.45) is 0 Å². The summed E-state index contributed by atoms with van der Waals surface area (Å²) >= 11 is 0. The first-order valence-electron chi connectivity index (χ1n) is 9.30. The molecule has 0 unspecified atom stereocenters. The van der Waals surface area contributed by atoms with E-state index in [1.54, 1.807) is 18.2 Å². The lowest BCUT2D eigenvalue weighted by Crippen LogP contribution is -2.58. The van der Waals surface area contributed by atoms with Gasteiger partial charge in [-0.2, -0.15) is 0 Å². The highest BCUT2D eigenvalue weighted by Gasteiger charge is 2.57. The Kier molecular flexibility index (Phi) is 5.58. The molecule has 0 radical (unpaired) electrons. The normalized spacial score (nSPS) is 21.7. The molecule has 3 heterocycles. The van der Waals surface area contributed by atoms with Crippen LogP contribution in [0.3, 0.4) is 0 Å². The van der Waals surface area contributed by atoms with Crippen LogP contribution in [0.5, 0.6) is 0 Å². The third-order valence-electron chi connectivity index (χ3n) is 5.64. The number of aromatic nitrogens is 1. The first-order chi connectivity index (χ1) is 12.5. The second kappa shape index (κ2) is 7.72. The number of urea groups is 1. The standard InChI is InChI=1S/C19H28N4O3/c1-4-23-18(25)22(13-16-7-5-6-10-20-16)17(24)19(23)8-11-21(12-9-19)15(2)14-26-3/h5-7,10,15H,4,8-9,11-14H2,1-3H3/t15-/m0/s1. The van der Waals surface area contributed by atoms with Crippen molar-refractivity contribution in [1.29, 1.82) is 0 Å². The van der Waals surface area contributed by atoms with Gasteiger partial charge in [0.05, 0.1) is 18.8 Å². The number of hydrogen-bond acceptors (Lipinski definition) is 5. The molecule has 0 aromatic carbocycles. The van der Waals surface area contributed by atoms with Gasteiger partial charge in [0.2, 0.25) is 0 Å². The second-order valence-corrected chi connectivity index (χ2v) is 7.11. The number of rotatable bonds is 6. The zero-order chi connectivity index (χ0) is 18.7. The molecule has 2 aliphatic rings. The number of hydrogen-bond donors (Lipinski definition) is 0. The lowest BCUT2D eigenvalue weighted by molar-refractivity contribution is -0.136. The fourth-order valence-electron chi connectivity index (χ4n) is 4.18. The predicted molar refractivity (Wildman–Crippen MR) is 97.4 cm³/mol. The Hall–Kier alpha value is -1.99. The summed E-state index contributed by atoms with van der Waals surface area (Å²) in [4.78, 5) is 35.9. The zero-order valence-electron chi connectivity index (χ0n) is 15.9. The minimum absolute atomic E-state index is 0.0750. The molecule has 1 atom stereocenters. The van der Waals surface area contributed by atoms with E-state index < -0.39 is 5.54 Å². The molecule has 0 bridgehead atoms. The molecule has 2 fully saturated rings. The maximum atomic E-state index is 13.3. The van der Waals surface area contributed by atoms with Crippen LogP contribution < -0.4 is 0 Å². The van der Waals surface area contributed by atoms with E-state index in [4.69, 9.17) is 4.74 Å². The molecule has 1 aromatic heterocycles. The van der Waals surface area contributed by atoms with Crippen molar-refractivity contribution in [3.63, 3.8) is 0 Å². The fourth-order valence-corrected chi connectivity index (χ4v) is 4.18. The highest BCUT2D eigenvalue weighted by molar-refractivity contribution is 6.07. The quantitative estimate of drug-likeness (QED) is 0.723. The van der Waals surface area contributed by atoms with Crippen LogP contribution in [0.1, 0.15) is 32.4 Å². The molecule has 1 aromatic rings. The van der Waals surface area contributed by atoms with Gasteiger partial charge in [0.1, 0.15) is 5.54 Å². The number of nitrogens with zero attached hydrogens (tertiary/aromatic N) is 4. The third kappa shape index (κ3) is 3.21. The summed E-state index contributed by atoms with van der Waals surface area (Å²) < 4.78 is 5.25. The number of ether oxygens (including phenoxy) is 1. The number of pyridine rings is 1. The van der Waals surface area contributed by atoms with E-state index in [1.165, 1.54) is 4.90 Å². The van der Waals surface area contributed by atoms with Gasteiger partial charge in [-0.1, -0.05) is 6.07 Å². The van der Waals surface area contributed by atoms with E-state index in [0.29, 0.717) is 32.0 Å². The minimum atomic E-state index is -0.704. The van der Waals surface area contributed by atoms with Crippen molar-refractivity contribution in [3.8, 4) is 0 Å². The number of amides is 3. The zero-order valence-corrected chi connectivity index (χ0v) is 15.9. The van der Waals surface area contributed by atoms with Crippen molar-refractivity contribution in [2.75, 3.05) is 33.4 Å². The van der Waals surface area contributed by atoms with E-state index in [0.717, 1.165) is 18.8 Å². The Labute approximate surface area is 154 Å². The number of likely N-dealkylation sites (N-methyl/N-ethyl adjacent to an activating group) is 1. The van der Waals surface area contributed by atoms with E-state index in [1.807, 2.05) is 25.1 Å². The summed E-state index contributed by atoms with van der Waals surface area (Å²) in [5.41, 5.74) is 0.0256. The number of imide groups is 1. The molecule has 2 aliphatic heterocycles. The van der Waals surface area contributed by atoms with Gasteiger partial charge in [-0.05, 0) is 38.8 Å². The van der Waals surface area contributed by atoms with Crippen molar-refractivity contribution in [2.45, 2.75) is 44.8 Å². The van der Waals surface area contributed by atoms with Gasteiger partial charge < -0.3 is 9.64 Å². The monoisotopic (exact) mass is 360 g/mol. The van der Waals surface area contributed by atoms with Crippen LogP contribution in [0.25, 0.3) is 0 Å². The molecule has 142 valence electrons. The third-order valence-corrected chi connectivity index (χ3v) is 5.64. The number of piperidine rings is 1. The molecule has 0 aliphatic carbocycles. The summed E-state index contributed by atoms with van der Waals surface area (Å²) in [5, 5.41) is 0. The minimum Gasteiger partial charge on any atom is -0.383 e. The smallest absolute Gasteiger partial charge is 0.328 e. The molecular weight excluding hydrogens is 332 g/mol. The molecule has 7 heteroatoms. The molecule has 2 saturated heterocycles. The molecule has 7 nitrogen and oxygen atoms in total. The van der Waals surface area contributed by atoms with Gasteiger partial charge >= 0.3 is 6.03 Å². The molecule has 26 heavy (non-hydrogen) atoms. The average molecular weight is 360 g/mol. The van der Waals surface area contributed by atoms with Gasteiger partial charge in [0.15, 0.2) is 0 Å². The fraction of sp³-hybridized carbons (Fsp3) is 0.632. The largest absolute Gasteiger partial charge is 0.383 e. The van der Waals surface area contributed by atoms with Crippen LogP contribution in [0, 0.1) is 0 Å². The van der Waals surface area contributed by atoms with Gasteiger partial charge in [-0.25, -0.2) is 4.79 Å². The SMILES string of the molecule is CCN1C(=O)N(Cc2ccccn2)C(=O)C12CCN([C@@H](C)COC)CC2. The van der Waals surface area contributed by atoms with Crippen LogP contribution in [0.4, 0.5) is 4.79 Å². The van der Waals surface area contributed by atoms with Crippen molar-refractivity contribution in [1.82, 2.24) is 19.7 Å². The highest BCUT2D eigenvalue weighted by atomic mass is 16.5. The Morgan fingerprint density at radius 1 is 1.27 bits per heavy atom. The molecule has 3 amide bonds. The topological polar surface area (TPSA) is 66.0 Å². The van der Waals surface area contributed by atoms with Gasteiger partial charge in [-0.3, -0.25) is 19.6 Å².